The lowest BCUT2D eigenvalue weighted by molar-refractivity contribution is -0.0622. The molecule has 0 radical (unpaired) electrons. The summed E-state index contributed by atoms with van der Waals surface area (Å²) in [7, 11) is 0. The number of aromatic nitrogens is 1. The lowest BCUT2D eigenvalue weighted by atomic mass is 10.1. The average molecular weight is 384 g/mol. The predicted octanol–water partition coefficient (Wildman–Crippen LogP) is 4.67. The first-order chi connectivity index (χ1) is 11.8. The van der Waals surface area contributed by atoms with E-state index in [-0.39, 0.29) is 12.1 Å². The van der Waals surface area contributed by atoms with E-state index in [0.29, 0.717) is 6.42 Å². The Labute approximate surface area is 159 Å². The number of carbonyl (C=O) groups excluding carboxylic acids is 2. The largest absolute Gasteiger partial charge is 0.442 e. The van der Waals surface area contributed by atoms with Crippen LogP contribution in [0.3, 0.4) is 0 Å². The lowest BCUT2D eigenvalue weighted by Gasteiger charge is -2.35. The molecule has 7 nitrogen and oxygen atoms in total. The van der Waals surface area contributed by atoms with E-state index in [1.807, 2.05) is 13.8 Å². The van der Waals surface area contributed by atoms with E-state index in [1.54, 1.807) is 47.7 Å². The van der Waals surface area contributed by atoms with Crippen LogP contribution in [-0.2, 0) is 9.47 Å². The van der Waals surface area contributed by atoms with Gasteiger partial charge < -0.3 is 9.47 Å². The number of ether oxygens (including phenoxy) is 2. The quantitative estimate of drug-likeness (QED) is 0.704. The Hall–Kier alpha value is -1.83. The zero-order chi connectivity index (χ0) is 19.9. The van der Waals surface area contributed by atoms with Crippen LogP contribution in [0.2, 0.25) is 0 Å². The van der Waals surface area contributed by atoms with Crippen LogP contribution in [0.15, 0.2) is 6.20 Å². The molecule has 2 amide bonds. The van der Waals surface area contributed by atoms with Crippen molar-refractivity contribution in [2.45, 2.75) is 85.1 Å². The van der Waals surface area contributed by atoms with Gasteiger partial charge in [-0.15, -0.1) is 11.3 Å². The summed E-state index contributed by atoms with van der Waals surface area (Å²) in [6.45, 7) is 14.6. The number of aryl methyl sites for hydroxylation is 1. The smallest absolute Gasteiger partial charge is 0.430 e. The third-order valence-electron chi connectivity index (χ3n) is 3.59. The summed E-state index contributed by atoms with van der Waals surface area (Å²) in [6, 6.07) is -0.572. The standard InChI is InChI=1S/C18H29N3O4S/c1-11-9-13(14-19-10-12(2)26-14)21(16(23)25-18(6,7)8)20(11)15(22)24-17(3,4)5/h10-11,13H,9H2,1-8H3. The van der Waals surface area contributed by atoms with Crippen molar-refractivity contribution in [3.05, 3.63) is 16.1 Å². The van der Waals surface area contributed by atoms with Crippen LogP contribution in [0.4, 0.5) is 9.59 Å². The summed E-state index contributed by atoms with van der Waals surface area (Å²) >= 11 is 1.51. The molecular weight excluding hydrogens is 354 g/mol. The third kappa shape index (κ3) is 4.87. The summed E-state index contributed by atoms with van der Waals surface area (Å²) in [5, 5.41) is 3.51. The van der Waals surface area contributed by atoms with Gasteiger partial charge in [-0.1, -0.05) is 0 Å². The van der Waals surface area contributed by atoms with Gasteiger partial charge in [-0.25, -0.2) is 24.6 Å². The molecule has 1 aliphatic rings. The van der Waals surface area contributed by atoms with Crippen LogP contribution >= 0.6 is 11.3 Å². The Morgan fingerprint density at radius 3 is 2.00 bits per heavy atom. The van der Waals surface area contributed by atoms with Crippen LogP contribution in [0, 0.1) is 6.92 Å². The molecule has 1 aliphatic heterocycles. The molecule has 146 valence electrons. The third-order valence-corrected chi connectivity index (χ3v) is 4.61. The average Bonchev–Trinajstić information content (AvgIpc) is 2.98. The molecule has 0 N–H and O–H groups in total. The number of carbonyl (C=O) groups is 2. The van der Waals surface area contributed by atoms with Gasteiger partial charge in [-0.05, 0) is 61.8 Å². The molecule has 1 fully saturated rings. The van der Waals surface area contributed by atoms with Crippen molar-refractivity contribution in [2.24, 2.45) is 0 Å². The van der Waals surface area contributed by atoms with Crippen LogP contribution in [0.1, 0.15) is 70.8 Å². The highest BCUT2D eigenvalue weighted by Gasteiger charge is 2.48. The first-order valence-corrected chi connectivity index (χ1v) is 9.57. The van der Waals surface area contributed by atoms with Gasteiger partial charge in [0.2, 0.25) is 0 Å². The van der Waals surface area contributed by atoms with Crippen molar-refractivity contribution in [1.29, 1.82) is 0 Å². The molecule has 26 heavy (non-hydrogen) atoms. The van der Waals surface area contributed by atoms with Gasteiger partial charge >= 0.3 is 12.2 Å². The number of nitrogens with zero attached hydrogens (tertiary/aromatic N) is 3. The van der Waals surface area contributed by atoms with Crippen LogP contribution in [0.5, 0.6) is 0 Å². The second kappa shape index (κ2) is 7.06. The summed E-state index contributed by atoms with van der Waals surface area (Å²) in [4.78, 5) is 31.1. The summed E-state index contributed by atoms with van der Waals surface area (Å²) in [5.41, 5.74) is -1.34. The van der Waals surface area contributed by atoms with E-state index in [1.165, 1.54) is 21.4 Å². The highest BCUT2D eigenvalue weighted by atomic mass is 32.1. The fourth-order valence-corrected chi connectivity index (χ4v) is 3.59. The lowest BCUT2D eigenvalue weighted by Crippen LogP contribution is -2.51. The second-order valence-electron chi connectivity index (χ2n) is 8.56. The summed E-state index contributed by atoms with van der Waals surface area (Å²) in [6.07, 6.45) is 1.21. The minimum Gasteiger partial charge on any atom is -0.442 e. The van der Waals surface area contributed by atoms with Crippen LogP contribution in [-0.4, -0.2) is 44.4 Å². The number of amides is 2. The molecule has 2 rings (SSSR count). The number of hydrogen-bond donors (Lipinski definition) is 0. The fourth-order valence-electron chi connectivity index (χ4n) is 2.72. The van der Waals surface area contributed by atoms with Gasteiger partial charge in [0.25, 0.3) is 0 Å². The maximum absolute atomic E-state index is 12.9. The monoisotopic (exact) mass is 383 g/mol. The number of rotatable bonds is 1. The van der Waals surface area contributed by atoms with Crippen molar-refractivity contribution in [3.8, 4) is 0 Å². The fraction of sp³-hybridized carbons (Fsp3) is 0.722. The molecule has 2 unspecified atom stereocenters. The minimum atomic E-state index is -0.675. The van der Waals surface area contributed by atoms with Crippen LogP contribution < -0.4 is 0 Å². The SMILES string of the molecule is Cc1cnc(C2CC(C)N(C(=O)OC(C)(C)C)N2C(=O)OC(C)(C)C)s1. The van der Waals surface area contributed by atoms with E-state index < -0.39 is 23.4 Å². The van der Waals surface area contributed by atoms with Crippen molar-refractivity contribution in [1.82, 2.24) is 15.0 Å². The molecule has 1 aromatic heterocycles. The molecule has 2 heterocycles. The minimum absolute atomic E-state index is 0.216. The topological polar surface area (TPSA) is 72.0 Å². The molecule has 0 bridgehead atoms. The van der Waals surface area contributed by atoms with Crippen molar-refractivity contribution >= 4 is 23.5 Å². The molecule has 1 aromatic rings. The Bertz CT molecular complexity index is 675. The molecule has 1 saturated heterocycles. The normalized spacial score (nSPS) is 21.1. The van der Waals surface area contributed by atoms with E-state index in [4.69, 9.17) is 9.47 Å². The van der Waals surface area contributed by atoms with Gasteiger partial charge in [-0.2, -0.15) is 0 Å². The molecular formula is C18H29N3O4S. The Kier molecular flexibility index (Phi) is 5.56. The van der Waals surface area contributed by atoms with E-state index in [2.05, 4.69) is 4.98 Å². The molecule has 2 atom stereocenters. The highest BCUT2D eigenvalue weighted by molar-refractivity contribution is 7.11. The predicted molar refractivity (Wildman–Crippen MR) is 99.8 cm³/mol. The summed E-state index contributed by atoms with van der Waals surface area (Å²) in [5.74, 6) is 0. The second-order valence-corrected chi connectivity index (χ2v) is 9.83. The van der Waals surface area contributed by atoms with Gasteiger partial charge in [0, 0.05) is 11.1 Å². The zero-order valence-electron chi connectivity index (χ0n) is 16.8. The van der Waals surface area contributed by atoms with Crippen molar-refractivity contribution < 1.29 is 19.1 Å². The Morgan fingerprint density at radius 2 is 1.58 bits per heavy atom. The van der Waals surface area contributed by atoms with Gasteiger partial charge in [0.05, 0.1) is 6.04 Å². The Morgan fingerprint density at radius 1 is 1.08 bits per heavy atom. The van der Waals surface area contributed by atoms with Gasteiger partial charge in [0.15, 0.2) is 0 Å². The maximum atomic E-state index is 12.9. The summed E-state index contributed by atoms with van der Waals surface area (Å²) < 4.78 is 11.1. The first kappa shape index (κ1) is 20.5. The molecule has 0 spiro atoms. The van der Waals surface area contributed by atoms with E-state index >= 15 is 0 Å². The number of hydrazine groups is 1. The van der Waals surface area contributed by atoms with Gasteiger partial charge in [0.1, 0.15) is 22.3 Å². The molecule has 8 heteroatoms. The van der Waals surface area contributed by atoms with Crippen molar-refractivity contribution in [3.63, 3.8) is 0 Å². The zero-order valence-corrected chi connectivity index (χ0v) is 17.6. The maximum Gasteiger partial charge on any atom is 0.430 e. The van der Waals surface area contributed by atoms with Gasteiger partial charge in [-0.3, -0.25) is 0 Å². The van der Waals surface area contributed by atoms with E-state index in [0.717, 1.165) is 9.88 Å². The number of thiazole rings is 1. The highest BCUT2D eigenvalue weighted by Crippen LogP contribution is 2.39. The molecule has 0 aromatic carbocycles. The molecule has 0 saturated carbocycles. The number of hydrogen-bond acceptors (Lipinski definition) is 6. The molecule has 0 aliphatic carbocycles. The van der Waals surface area contributed by atoms with Crippen molar-refractivity contribution in [2.75, 3.05) is 0 Å². The Balaban J connectivity index is 2.38. The van der Waals surface area contributed by atoms with E-state index in [9.17, 15) is 9.59 Å². The first-order valence-electron chi connectivity index (χ1n) is 8.75. The van der Waals surface area contributed by atoms with Crippen LogP contribution in [0.25, 0.3) is 0 Å².